The minimum Gasteiger partial charge on any atom is -0.313 e. The van der Waals surface area contributed by atoms with Crippen molar-refractivity contribution in [1.29, 1.82) is 0 Å². The Morgan fingerprint density at radius 1 is 1.60 bits per heavy atom. The van der Waals surface area contributed by atoms with Gasteiger partial charge in [0, 0.05) is 18.6 Å². The van der Waals surface area contributed by atoms with E-state index in [9.17, 15) is 0 Å². The van der Waals surface area contributed by atoms with Gasteiger partial charge in [-0.3, -0.25) is 4.90 Å². The van der Waals surface area contributed by atoms with Gasteiger partial charge >= 0.3 is 0 Å². The van der Waals surface area contributed by atoms with Crippen LogP contribution in [0, 0.1) is 0 Å². The fourth-order valence-corrected chi connectivity index (χ4v) is 2.35. The number of hydrogen-bond acceptors (Lipinski definition) is 2. The van der Waals surface area contributed by atoms with Crippen LogP contribution in [0.4, 0.5) is 0 Å². The Kier molecular flexibility index (Phi) is 5.96. The Bertz CT molecular complexity index is 179. The van der Waals surface area contributed by atoms with Gasteiger partial charge in [-0.2, -0.15) is 0 Å². The summed E-state index contributed by atoms with van der Waals surface area (Å²) in [7, 11) is 0. The van der Waals surface area contributed by atoms with E-state index in [1.807, 2.05) is 6.08 Å². The molecule has 1 aliphatic heterocycles. The molecule has 2 nitrogen and oxygen atoms in total. The van der Waals surface area contributed by atoms with E-state index in [2.05, 4.69) is 30.6 Å². The van der Waals surface area contributed by atoms with Gasteiger partial charge in [0.1, 0.15) is 0 Å². The molecule has 1 saturated heterocycles. The van der Waals surface area contributed by atoms with Crippen molar-refractivity contribution in [2.24, 2.45) is 0 Å². The zero-order chi connectivity index (χ0) is 11.1. The van der Waals surface area contributed by atoms with E-state index < -0.39 is 0 Å². The van der Waals surface area contributed by atoms with Gasteiger partial charge in [-0.1, -0.05) is 13.0 Å². The van der Waals surface area contributed by atoms with Crippen LogP contribution in [0.1, 0.15) is 39.5 Å². The van der Waals surface area contributed by atoms with Crippen LogP contribution in [0.5, 0.6) is 0 Å². The van der Waals surface area contributed by atoms with E-state index in [-0.39, 0.29) is 0 Å². The molecular weight excluding hydrogens is 184 g/mol. The Hall–Kier alpha value is -0.340. The van der Waals surface area contributed by atoms with Crippen molar-refractivity contribution in [2.45, 2.75) is 51.6 Å². The summed E-state index contributed by atoms with van der Waals surface area (Å²) < 4.78 is 0. The molecule has 0 spiro atoms. The summed E-state index contributed by atoms with van der Waals surface area (Å²) >= 11 is 0. The van der Waals surface area contributed by atoms with Crippen molar-refractivity contribution in [1.82, 2.24) is 10.2 Å². The Labute approximate surface area is 94.7 Å². The van der Waals surface area contributed by atoms with Crippen LogP contribution < -0.4 is 5.32 Å². The molecule has 0 aliphatic carbocycles. The molecule has 1 N–H and O–H groups in total. The average molecular weight is 210 g/mol. The van der Waals surface area contributed by atoms with Crippen LogP contribution in [0.2, 0.25) is 0 Å². The van der Waals surface area contributed by atoms with E-state index in [4.69, 9.17) is 0 Å². The second kappa shape index (κ2) is 7.02. The predicted octanol–water partition coefficient (Wildman–Crippen LogP) is 2.42. The first kappa shape index (κ1) is 12.7. The van der Waals surface area contributed by atoms with E-state index in [0.29, 0.717) is 6.04 Å². The third-order valence-electron chi connectivity index (χ3n) is 3.41. The van der Waals surface area contributed by atoms with Crippen LogP contribution in [0.3, 0.4) is 0 Å². The predicted molar refractivity (Wildman–Crippen MR) is 67.2 cm³/mol. The third-order valence-corrected chi connectivity index (χ3v) is 3.41. The van der Waals surface area contributed by atoms with Gasteiger partial charge < -0.3 is 5.32 Å². The highest BCUT2D eigenvalue weighted by Crippen LogP contribution is 2.15. The quantitative estimate of drug-likeness (QED) is 0.649. The third kappa shape index (κ3) is 4.35. The van der Waals surface area contributed by atoms with Gasteiger partial charge in [0.25, 0.3) is 0 Å². The summed E-state index contributed by atoms with van der Waals surface area (Å²) in [4.78, 5) is 2.59. The lowest BCUT2D eigenvalue weighted by Crippen LogP contribution is -2.40. The molecule has 0 aromatic carbocycles. The largest absolute Gasteiger partial charge is 0.313 e. The second-order valence-electron chi connectivity index (χ2n) is 4.60. The number of likely N-dealkylation sites (N-methyl/N-ethyl adjacent to an activating group) is 1. The van der Waals surface area contributed by atoms with Gasteiger partial charge in [-0.05, 0) is 45.7 Å². The van der Waals surface area contributed by atoms with E-state index in [1.54, 1.807) is 0 Å². The summed E-state index contributed by atoms with van der Waals surface area (Å²) in [6.07, 6.45) is 7.08. The lowest BCUT2D eigenvalue weighted by Gasteiger charge is -2.24. The first-order valence-corrected chi connectivity index (χ1v) is 6.36. The second-order valence-corrected chi connectivity index (χ2v) is 4.60. The topological polar surface area (TPSA) is 15.3 Å². The fourth-order valence-electron chi connectivity index (χ4n) is 2.35. The molecular formula is C13H26N2. The highest BCUT2D eigenvalue weighted by molar-refractivity contribution is 4.81. The van der Waals surface area contributed by atoms with Gasteiger partial charge in [0.2, 0.25) is 0 Å². The van der Waals surface area contributed by atoms with Gasteiger partial charge in [-0.25, -0.2) is 0 Å². The lowest BCUT2D eigenvalue weighted by atomic mass is 10.1. The maximum atomic E-state index is 3.76. The van der Waals surface area contributed by atoms with Crippen molar-refractivity contribution in [3.05, 3.63) is 12.7 Å². The molecule has 1 fully saturated rings. The number of nitrogens with zero attached hydrogens (tertiary/aromatic N) is 1. The van der Waals surface area contributed by atoms with Crippen LogP contribution in [-0.4, -0.2) is 36.6 Å². The molecule has 1 rings (SSSR count). The summed E-state index contributed by atoms with van der Waals surface area (Å²) in [5.41, 5.74) is 0. The zero-order valence-corrected chi connectivity index (χ0v) is 10.3. The number of hydrogen-bond donors (Lipinski definition) is 1. The lowest BCUT2D eigenvalue weighted by molar-refractivity contribution is 0.254. The van der Waals surface area contributed by atoms with Crippen LogP contribution >= 0.6 is 0 Å². The zero-order valence-electron chi connectivity index (χ0n) is 10.3. The van der Waals surface area contributed by atoms with Crippen molar-refractivity contribution in [3.8, 4) is 0 Å². The first-order valence-electron chi connectivity index (χ1n) is 6.36. The standard InChI is InChI=1S/C13H26N2/c1-4-6-8-12(3)14-11-13-9-7-10-15(13)5-2/h4,12-14H,1,5-11H2,2-3H3/t12-,13+/m0/s1. The first-order chi connectivity index (χ1) is 7.27. The van der Waals surface area contributed by atoms with Crippen LogP contribution in [0.15, 0.2) is 12.7 Å². The van der Waals surface area contributed by atoms with Crippen molar-refractivity contribution in [3.63, 3.8) is 0 Å². The van der Waals surface area contributed by atoms with Crippen LogP contribution in [-0.2, 0) is 0 Å². The van der Waals surface area contributed by atoms with Crippen LogP contribution in [0.25, 0.3) is 0 Å². The molecule has 0 bridgehead atoms. The van der Waals surface area contributed by atoms with Crippen molar-refractivity contribution < 1.29 is 0 Å². The number of nitrogens with one attached hydrogen (secondary N) is 1. The molecule has 2 atom stereocenters. The summed E-state index contributed by atoms with van der Waals surface area (Å²) in [5.74, 6) is 0. The average Bonchev–Trinajstić information content (AvgIpc) is 2.70. The monoisotopic (exact) mass is 210 g/mol. The maximum absolute atomic E-state index is 3.76. The van der Waals surface area contributed by atoms with E-state index in [0.717, 1.165) is 19.0 Å². The van der Waals surface area contributed by atoms with Crippen molar-refractivity contribution >= 4 is 0 Å². The Balaban J connectivity index is 2.15. The number of rotatable bonds is 7. The fraction of sp³-hybridized carbons (Fsp3) is 0.846. The van der Waals surface area contributed by atoms with Crippen molar-refractivity contribution in [2.75, 3.05) is 19.6 Å². The molecule has 0 aromatic rings. The molecule has 1 heterocycles. The maximum Gasteiger partial charge on any atom is 0.0221 e. The van der Waals surface area contributed by atoms with E-state index in [1.165, 1.54) is 32.4 Å². The molecule has 0 amide bonds. The Morgan fingerprint density at radius 2 is 2.40 bits per heavy atom. The highest BCUT2D eigenvalue weighted by atomic mass is 15.2. The molecule has 0 unspecified atom stereocenters. The molecule has 15 heavy (non-hydrogen) atoms. The van der Waals surface area contributed by atoms with Gasteiger partial charge in [-0.15, -0.1) is 6.58 Å². The molecule has 88 valence electrons. The molecule has 1 aliphatic rings. The highest BCUT2D eigenvalue weighted by Gasteiger charge is 2.22. The molecule has 0 radical (unpaired) electrons. The van der Waals surface area contributed by atoms with E-state index >= 15 is 0 Å². The minimum absolute atomic E-state index is 0.627. The summed E-state index contributed by atoms with van der Waals surface area (Å²) in [5, 5.41) is 3.63. The van der Waals surface area contributed by atoms with Gasteiger partial charge in [0.15, 0.2) is 0 Å². The molecule has 0 aromatic heterocycles. The van der Waals surface area contributed by atoms with Gasteiger partial charge in [0.05, 0.1) is 0 Å². The smallest absolute Gasteiger partial charge is 0.0221 e. The normalized spacial score (nSPS) is 24.3. The molecule has 2 heteroatoms. The number of allylic oxidation sites excluding steroid dienone is 1. The summed E-state index contributed by atoms with van der Waals surface area (Å²) in [6, 6.07) is 1.41. The Morgan fingerprint density at radius 3 is 3.07 bits per heavy atom. The molecule has 0 saturated carbocycles. The SMILES string of the molecule is C=CCC[C@H](C)NC[C@H]1CCCN1CC. The minimum atomic E-state index is 0.627. The number of likely N-dealkylation sites (tertiary alicyclic amines) is 1. The summed E-state index contributed by atoms with van der Waals surface area (Å²) in [6.45, 7) is 12.0.